The highest BCUT2D eigenvalue weighted by atomic mass is 32.1. The van der Waals surface area contributed by atoms with E-state index in [-0.39, 0.29) is 18.9 Å². The summed E-state index contributed by atoms with van der Waals surface area (Å²) in [7, 11) is 1.65. The average molecular weight is 591 g/mol. The molecule has 2 atom stereocenters. The first-order valence-corrected chi connectivity index (χ1v) is 14.4. The van der Waals surface area contributed by atoms with Crippen LogP contribution in [-0.2, 0) is 0 Å². The Hall–Kier alpha value is -5.02. The fourth-order valence-electron chi connectivity index (χ4n) is 5.91. The van der Waals surface area contributed by atoms with E-state index in [9.17, 15) is 0 Å². The molecule has 2 aliphatic rings. The Morgan fingerprint density at radius 3 is 2.26 bits per heavy atom. The van der Waals surface area contributed by atoms with Crippen LogP contribution < -0.4 is 29.2 Å². The molecule has 43 heavy (non-hydrogen) atoms. The maximum Gasteiger partial charge on any atom is 0.231 e. The maximum absolute atomic E-state index is 6.09. The Labute approximate surface area is 255 Å². The first-order valence-electron chi connectivity index (χ1n) is 14.0. The van der Waals surface area contributed by atoms with E-state index in [2.05, 4.69) is 40.8 Å². The summed E-state index contributed by atoms with van der Waals surface area (Å²) in [6.45, 7) is 4.50. The summed E-state index contributed by atoms with van der Waals surface area (Å²) in [4.78, 5) is 6.89. The quantitative estimate of drug-likeness (QED) is 0.200. The van der Waals surface area contributed by atoms with Gasteiger partial charge in [0.05, 0.1) is 24.9 Å². The van der Waals surface area contributed by atoms with E-state index in [1.165, 1.54) is 0 Å². The van der Waals surface area contributed by atoms with Crippen LogP contribution in [0.3, 0.4) is 0 Å². The van der Waals surface area contributed by atoms with Crippen LogP contribution in [0.2, 0.25) is 0 Å². The van der Waals surface area contributed by atoms with Crippen molar-refractivity contribution in [3.8, 4) is 34.4 Å². The highest BCUT2D eigenvalue weighted by Crippen LogP contribution is 2.44. The van der Waals surface area contributed by atoms with E-state index >= 15 is 0 Å². The molecule has 7 rings (SSSR count). The van der Waals surface area contributed by atoms with Gasteiger partial charge in [-0.05, 0) is 110 Å². The van der Waals surface area contributed by atoms with Crippen LogP contribution in [0.1, 0.15) is 34.7 Å². The fourth-order valence-corrected chi connectivity index (χ4v) is 6.26. The van der Waals surface area contributed by atoms with Crippen molar-refractivity contribution in [2.24, 2.45) is 0 Å². The number of thiocarbonyl (C=S) groups is 1. The summed E-state index contributed by atoms with van der Waals surface area (Å²) >= 11 is 5.98. The Bertz CT molecular complexity index is 1790. The van der Waals surface area contributed by atoms with Crippen LogP contribution >= 0.6 is 12.2 Å². The zero-order valence-electron chi connectivity index (χ0n) is 24.0. The number of nitrogens with zero attached hydrogens (tertiary/aromatic N) is 3. The second-order valence-corrected chi connectivity index (χ2v) is 10.9. The van der Waals surface area contributed by atoms with Crippen molar-refractivity contribution in [2.45, 2.75) is 25.9 Å². The van der Waals surface area contributed by atoms with Gasteiger partial charge in [-0.1, -0.05) is 6.07 Å². The molecule has 9 heteroatoms. The Morgan fingerprint density at radius 1 is 0.837 bits per heavy atom. The first-order chi connectivity index (χ1) is 21.0. The normalized spacial score (nSPS) is 17.2. The third-order valence-electron chi connectivity index (χ3n) is 7.91. The number of benzene rings is 3. The van der Waals surface area contributed by atoms with E-state index in [1.807, 2.05) is 85.1 Å². The van der Waals surface area contributed by atoms with Gasteiger partial charge in [0, 0.05) is 35.0 Å². The van der Waals surface area contributed by atoms with Crippen molar-refractivity contribution in [1.29, 1.82) is 0 Å². The number of hydrogen-bond acceptors (Lipinski definition) is 6. The summed E-state index contributed by atoms with van der Waals surface area (Å²) in [5.41, 5.74) is 6.25. The van der Waals surface area contributed by atoms with Crippen LogP contribution in [0, 0.1) is 13.8 Å². The number of nitrogens with one attached hydrogen (secondary N) is 1. The van der Waals surface area contributed by atoms with Gasteiger partial charge in [-0.3, -0.25) is 4.98 Å². The van der Waals surface area contributed by atoms with Crippen LogP contribution in [0.4, 0.5) is 5.69 Å². The van der Waals surface area contributed by atoms with Crippen LogP contribution in [-0.4, -0.2) is 28.6 Å². The maximum atomic E-state index is 6.09. The first kappa shape index (κ1) is 26.9. The molecule has 0 spiro atoms. The lowest BCUT2D eigenvalue weighted by atomic mass is 9.96. The number of ether oxygens (including phenoxy) is 4. The molecule has 8 nitrogen and oxygen atoms in total. The Kier molecular flexibility index (Phi) is 6.87. The summed E-state index contributed by atoms with van der Waals surface area (Å²) < 4.78 is 24.8. The Balaban J connectivity index is 1.26. The van der Waals surface area contributed by atoms with Crippen molar-refractivity contribution in [3.63, 3.8) is 0 Å². The molecule has 0 unspecified atom stereocenters. The number of methoxy groups -OCH3 is 1. The van der Waals surface area contributed by atoms with Crippen molar-refractivity contribution >= 4 is 23.0 Å². The number of hydrogen-bond donors (Lipinski definition) is 1. The van der Waals surface area contributed by atoms with Gasteiger partial charge in [-0.25, -0.2) is 0 Å². The molecule has 1 saturated heterocycles. The molecule has 2 aliphatic heterocycles. The van der Waals surface area contributed by atoms with Crippen molar-refractivity contribution < 1.29 is 18.9 Å². The van der Waals surface area contributed by atoms with E-state index in [0.717, 1.165) is 62.8 Å². The smallest absolute Gasteiger partial charge is 0.231 e. The lowest BCUT2D eigenvalue weighted by Gasteiger charge is -2.28. The molecular weight excluding hydrogens is 560 g/mol. The van der Waals surface area contributed by atoms with Gasteiger partial charge in [-0.2, -0.15) is 0 Å². The minimum Gasteiger partial charge on any atom is -0.497 e. The summed E-state index contributed by atoms with van der Waals surface area (Å²) in [6, 6.07) is 29.5. The number of pyridine rings is 1. The number of anilines is 1. The number of aromatic nitrogens is 2. The fraction of sp³-hybridized carbons (Fsp3) is 0.176. The van der Waals surface area contributed by atoms with Crippen molar-refractivity contribution in [3.05, 3.63) is 120 Å². The SMILES string of the molecule is COc1ccc(Oc2ccc(N3C(=S)N[C@@H](c4ccccn4)[C@H]3c3cc(C)n(-c4ccc5c(c4)OCO5)c3C)cc2)cc1. The zero-order chi connectivity index (χ0) is 29.5. The molecule has 4 heterocycles. The molecule has 216 valence electrons. The highest BCUT2D eigenvalue weighted by Gasteiger charge is 2.42. The molecule has 3 aromatic carbocycles. The number of aryl methyl sites for hydroxylation is 1. The van der Waals surface area contributed by atoms with Gasteiger partial charge in [0.25, 0.3) is 0 Å². The standard InChI is InChI=1S/C34H30N4O4S/c1-21-18-28(22(2)37(21)24-9-16-30-31(19-24)41-20-40-30)33-32(29-6-4-5-17-35-29)36-34(43)38(33)23-7-10-26(11-8-23)42-27-14-12-25(39-3)13-15-27/h4-19,32-33H,20H2,1-3H3,(H,36,43)/t32-,33+/m0/s1. The predicted molar refractivity (Wildman–Crippen MR) is 169 cm³/mol. The molecule has 5 aromatic rings. The molecule has 0 saturated carbocycles. The van der Waals surface area contributed by atoms with Crippen molar-refractivity contribution in [1.82, 2.24) is 14.9 Å². The van der Waals surface area contributed by atoms with Gasteiger partial charge in [0.2, 0.25) is 6.79 Å². The monoisotopic (exact) mass is 590 g/mol. The number of rotatable bonds is 7. The summed E-state index contributed by atoms with van der Waals surface area (Å²) in [5.74, 6) is 3.75. The van der Waals surface area contributed by atoms with E-state index < -0.39 is 0 Å². The third-order valence-corrected chi connectivity index (χ3v) is 8.23. The molecule has 1 N–H and O–H groups in total. The lowest BCUT2D eigenvalue weighted by Crippen LogP contribution is -2.29. The average Bonchev–Trinajstić information content (AvgIpc) is 3.72. The second kappa shape index (κ2) is 11.0. The minimum absolute atomic E-state index is 0.148. The van der Waals surface area contributed by atoms with E-state index in [1.54, 1.807) is 7.11 Å². The Morgan fingerprint density at radius 2 is 1.53 bits per heavy atom. The summed E-state index contributed by atoms with van der Waals surface area (Å²) in [5, 5.41) is 4.20. The second-order valence-electron chi connectivity index (χ2n) is 10.5. The van der Waals surface area contributed by atoms with Gasteiger partial charge in [0.1, 0.15) is 17.2 Å². The molecular formula is C34H30N4O4S. The third kappa shape index (κ3) is 4.91. The molecule has 0 bridgehead atoms. The molecule has 0 radical (unpaired) electrons. The molecule has 2 aromatic heterocycles. The molecule has 0 amide bonds. The molecule has 1 fully saturated rings. The number of fused-ring (bicyclic) bond motifs is 1. The minimum atomic E-state index is -0.158. The topological polar surface area (TPSA) is 70.0 Å². The molecule has 0 aliphatic carbocycles. The zero-order valence-corrected chi connectivity index (χ0v) is 24.8. The predicted octanol–water partition coefficient (Wildman–Crippen LogP) is 7.20. The van der Waals surface area contributed by atoms with Gasteiger partial charge in [-0.15, -0.1) is 0 Å². The van der Waals surface area contributed by atoms with E-state index in [0.29, 0.717) is 5.11 Å². The highest BCUT2D eigenvalue weighted by molar-refractivity contribution is 7.80. The van der Waals surface area contributed by atoms with Crippen LogP contribution in [0.5, 0.6) is 28.7 Å². The van der Waals surface area contributed by atoms with Gasteiger partial charge in [0.15, 0.2) is 16.6 Å². The van der Waals surface area contributed by atoms with Crippen molar-refractivity contribution in [2.75, 3.05) is 18.8 Å². The van der Waals surface area contributed by atoms with Gasteiger partial charge < -0.3 is 33.7 Å². The van der Waals surface area contributed by atoms with Gasteiger partial charge >= 0.3 is 0 Å². The van der Waals surface area contributed by atoms with Crippen LogP contribution in [0.25, 0.3) is 5.69 Å². The summed E-state index contributed by atoms with van der Waals surface area (Å²) in [6.07, 6.45) is 1.82. The lowest BCUT2D eigenvalue weighted by molar-refractivity contribution is 0.174. The van der Waals surface area contributed by atoms with E-state index in [4.69, 9.17) is 36.1 Å². The van der Waals surface area contributed by atoms with Crippen LogP contribution in [0.15, 0.2) is 97.2 Å². The largest absolute Gasteiger partial charge is 0.497 e.